The zero-order chi connectivity index (χ0) is 7.94. The third-order valence-electron chi connectivity index (χ3n) is 1.45. The molecule has 0 saturated carbocycles. The third kappa shape index (κ3) is 1.49. The summed E-state index contributed by atoms with van der Waals surface area (Å²) in [5.74, 6) is -0.368. The second-order valence-corrected chi connectivity index (χ2v) is 2.94. The molecule has 1 fully saturated rings. The molecule has 1 saturated heterocycles. The van der Waals surface area contributed by atoms with Crippen LogP contribution in [0.3, 0.4) is 0 Å². The average molecular weight is 243 g/mol. The van der Waals surface area contributed by atoms with Gasteiger partial charge in [0.1, 0.15) is 5.54 Å². The van der Waals surface area contributed by atoms with E-state index in [1.165, 1.54) is 0 Å². The lowest BCUT2D eigenvalue weighted by Gasteiger charge is -2.19. The molecule has 0 aromatic carbocycles. The van der Waals surface area contributed by atoms with Crippen molar-refractivity contribution in [2.45, 2.75) is 19.4 Å². The molecule has 0 radical (unpaired) electrons. The van der Waals surface area contributed by atoms with Gasteiger partial charge >= 0.3 is 6.03 Å². The number of halogens is 2. The predicted octanol–water partition coefficient (Wildman–Crippen LogP) is 1.05. The Labute approximate surface area is 79.8 Å². The van der Waals surface area contributed by atoms with Crippen LogP contribution >= 0.6 is 28.8 Å². The predicted molar refractivity (Wildman–Crippen MR) is 45.6 cm³/mol. The minimum Gasteiger partial charge on any atom is -0.275 e. The summed E-state index contributed by atoms with van der Waals surface area (Å²) in [5.41, 5.74) is -0.918. The molecule has 0 aromatic rings. The van der Waals surface area contributed by atoms with E-state index in [1.807, 2.05) is 0 Å². The van der Waals surface area contributed by atoms with Crippen LogP contribution in [0.5, 0.6) is 0 Å². The van der Waals surface area contributed by atoms with Gasteiger partial charge in [0.2, 0.25) is 0 Å². The van der Waals surface area contributed by atoms with Crippen molar-refractivity contribution in [3.05, 3.63) is 0 Å². The molecule has 0 atom stereocenters. The smallest absolute Gasteiger partial charge is 0.275 e. The number of carbonyl (C=O) groups is 2. The summed E-state index contributed by atoms with van der Waals surface area (Å²) in [7, 11) is 0. The number of hydrogen-bond acceptors (Lipinski definition) is 2. The van der Waals surface area contributed by atoms with Gasteiger partial charge in [-0.3, -0.25) is 10.1 Å². The SMILES string of the molecule is Br.CC1(C)C(=O)NC(=O)N1Cl. The molecule has 0 aromatic heterocycles. The molecule has 0 unspecified atom stereocenters. The molecule has 0 aliphatic carbocycles. The van der Waals surface area contributed by atoms with Gasteiger partial charge in [0, 0.05) is 11.8 Å². The summed E-state index contributed by atoms with van der Waals surface area (Å²) in [6, 6.07) is -0.559. The molecule has 0 bridgehead atoms. The number of nitrogens with one attached hydrogen (secondary N) is 1. The summed E-state index contributed by atoms with van der Waals surface area (Å²) in [5, 5.41) is 2.07. The van der Waals surface area contributed by atoms with Gasteiger partial charge < -0.3 is 0 Å². The molecular formula is C5H8BrClN2O2. The minimum absolute atomic E-state index is 0. The lowest BCUT2D eigenvalue weighted by Crippen LogP contribution is -2.38. The molecule has 6 heteroatoms. The molecule has 3 amide bonds. The first kappa shape index (κ1) is 10.7. The Kier molecular flexibility index (Phi) is 2.91. The van der Waals surface area contributed by atoms with E-state index in [2.05, 4.69) is 5.32 Å². The van der Waals surface area contributed by atoms with Crippen LogP contribution in [0.1, 0.15) is 13.8 Å². The van der Waals surface area contributed by atoms with Crippen LogP contribution in [0, 0.1) is 0 Å². The number of imide groups is 1. The Balaban J connectivity index is 0.000001000. The van der Waals surface area contributed by atoms with E-state index in [9.17, 15) is 9.59 Å². The van der Waals surface area contributed by atoms with Gasteiger partial charge in [0.05, 0.1) is 0 Å². The molecule has 1 aliphatic rings. The zero-order valence-corrected chi connectivity index (χ0v) is 8.52. The fraction of sp³-hybridized carbons (Fsp3) is 0.600. The number of rotatable bonds is 0. The van der Waals surface area contributed by atoms with E-state index in [1.54, 1.807) is 13.8 Å². The molecule has 1 rings (SSSR count). The highest BCUT2D eigenvalue weighted by molar-refractivity contribution is 8.93. The summed E-state index contributed by atoms with van der Waals surface area (Å²) in [4.78, 5) is 21.5. The first-order valence-electron chi connectivity index (χ1n) is 2.77. The van der Waals surface area contributed by atoms with Crippen LogP contribution in [0.25, 0.3) is 0 Å². The van der Waals surface area contributed by atoms with E-state index in [4.69, 9.17) is 11.8 Å². The van der Waals surface area contributed by atoms with E-state index in [-0.39, 0.29) is 22.9 Å². The van der Waals surface area contributed by atoms with Crippen molar-refractivity contribution in [3.63, 3.8) is 0 Å². The minimum atomic E-state index is -0.918. The van der Waals surface area contributed by atoms with Crippen molar-refractivity contribution in [3.8, 4) is 0 Å². The van der Waals surface area contributed by atoms with Crippen LogP contribution in [0.4, 0.5) is 4.79 Å². The first-order chi connectivity index (χ1) is 4.46. The number of nitrogens with zero attached hydrogens (tertiary/aromatic N) is 1. The van der Waals surface area contributed by atoms with Crippen molar-refractivity contribution in [1.29, 1.82) is 0 Å². The van der Waals surface area contributed by atoms with Gasteiger partial charge in [-0.05, 0) is 13.8 Å². The Morgan fingerprint density at radius 3 is 2.00 bits per heavy atom. The van der Waals surface area contributed by atoms with Crippen molar-refractivity contribution >= 4 is 40.7 Å². The van der Waals surface area contributed by atoms with Crippen molar-refractivity contribution < 1.29 is 9.59 Å². The quantitative estimate of drug-likeness (QED) is 0.511. The van der Waals surface area contributed by atoms with E-state index in [0.29, 0.717) is 0 Å². The number of carbonyl (C=O) groups excluding carboxylic acids is 2. The largest absolute Gasteiger partial charge is 0.339 e. The van der Waals surface area contributed by atoms with Crippen molar-refractivity contribution in [2.24, 2.45) is 0 Å². The molecule has 4 nitrogen and oxygen atoms in total. The monoisotopic (exact) mass is 242 g/mol. The summed E-state index contributed by atoms with van der Waals surface area (Å²) in [6.45, 7) is 3.14. The van der Waals surface area contributed by atoms with E-state index in [0.717, 1.165) is 4.42 Å². The zero-order valence-electron chi connectivity index (χ0n) is 6.05. The fourth-order valence-corrected chi connectivity index (χ4v) is 0.761. The second-order valence-electron chi connectivity index (χ2n) is 2.60. The van der Waals surface area contributed by atoms with Crippen LogP contribution in [0.2, 0.25) is 0 Å². The van der Waals surface area contributed by atoms with Gasteiger partial charge in [0.25, 0.3) is 5.91 Å². The van der Waals surface area contributed by atoms with Crippen molar-refractivity contribution in [2.75, 3.05) is 0 Å². The third-order valence-corrected chi connectivity index (χ3v) is 2.02. The second kappa shape index (κ2) is 2.98. The maximum Gasteiger partial charge on any atom is 0.339 e. The summed E-state index contributed by atoms with van der Waals surface area (Å²) in [6.07, 6.45) is 0. The lowest BCUT2D eigenvalue weighted by molar-refractivity contribution is -0.124. The fourth-order valence-electron chi connectivity index (χ4n) is 0.642. The lowest BCUT2D eigenvalue weighted by atomic mass is 10.1. The molecule has 11 heavy (non-hydrogen) atoms. The Morgan fingerprint density at radius 1 is 1.45 bits per heavy atom. The van der Waals surface area contributed by atoms with Gasteiger partial charge in [-0.2, -0.15) is 0 Å². The maximum absolute atomic E-state index is 10.9. The van der Waals surface area contributed by atoms with E-state index < -0.39 is 11.6 Å². The van der Waals surface area contributed by atoms with Crippen LogP contribution < -0.4 is 5.32 Å². The van der Waals surface area contributed by atoms with Gasteiger partial charge in [0.15, 0.2) is 0 Å². The van der Waals surface area contributed by atoms with Gasteiger partial charge in [-0.15, -0.1) is 17.0 Å². The molecular weight excluding hydrogens is 235 g/mol. The first-order valence-corrected chi connectivity index (χ1v) is 3.11. The summed E-state index contributed by atoms with van der Waals surface area (Å²) >= 11 is 5.45. The highest BCUT2D eigenvalue weighted by Crippen LogP contribution is 2.22. The number of hydrogen-bond donors (Lipinski definition) is 1. The molecule has 1 aliphatic heterocycles. The highest BCUT2D eigenvalue weighted by Gasteiger charge is 2.45. The van der Waals surface area contributed by atoms with E-state index >= 15 is 0 Å². The Morgan fingerprint density at radius 2 is 1.91 bits per heavy atom. The number of amides is 3. The van der Waals surface area contributed by atoms with Crippen molar-refractivity contribution in [1.82, 2.24) is 9.74 Å². The number of urea groups is 1. The average Bonchev–Trinajstić information content (AvgIpc) is 1.97. The van der Waals surface area contributed by atoms with Crippen LogP contribution in [-0.2, 0) is 4.79 Å². The maximum atomic E-state index is 10.9. The van der Waals surface area contributed by atoms with Gasteiger partial charge in [-0.1, -0.05) is 0 Å². The molecule has 1 heterocycles. The molecule has 1 N–H and O–H groups in total. The normalized spacial score (nSPS) is 21.2. The van der Waals surface area contributed by atoms with Crippen LogP contribution in [-0.4, -0.2) is 21.9 Å². The Hall–Kier alpha value is -0.290. The molecule has 64 valence electrons. The van der Waals surface area contributed by atoms with Gasteiger partial charge in [-0.25, -0.2) is 9.21 Å². The highest BCUT2D eigenvalue weighted by atomic mass is 79.9. The van der Waals surface area contributed by atoms with Crippen LogP contribution in [0.15, 0.2) is 0 Å². The summed E-state index contributed by atoms with van der Waals surface area (Å²) < 4.78 is 0.856. The topological polar surface area (TPSA) is 49.4 Å². The molecule has 0 spiro atoms. The Bertz CT molecular complexity index is 207. The standard InChI is InChI=1S/C5H7ClN2O2.BrH/c1-5(2)3(9)7-4(10)8(5)6;/h1-2H3,(H,7,9,10);1H.